The molecule has 2 N–H and O–H groups in total. The quantitative estimate of drug-likeness (QED) is 0.687. The summed E-state index contributed by atoms with van der Waals surface area (Å²) in [5, 5.41) is 13.4. The van der Waals surface area contributed by atoms with Crippen molar-refractivity contribution in [2.75, 3.05) is 6.61 Å². The van der Waals surface area contributed by atoms with E-state index in [1.54, 1.807) is 30.3 Å². The Morgan fingerprint density at radius 2 is 1.85 bits per heavy atom. The molecule has 2 atom stereocenters. The second-order valence-electron chi connectivity index (χ2n) is 6.47. The first-order valence-corrected chi connectivity index (χ1v) is 9.20. The Hall–Kier alpha value is -1.62. The third-order valence-electron chi connectivity index (χ3n) is 4.57. The summed E-state index contributed by atoms with van der Waals surface area (Å²) >= 11 is 12.1. The Bertz CT molecular complexity index is 767. The molecular formula is C20H22Cl2FNO2. The lowest BCUT2D eigenvalue weighted by Crippen LogP contribution is -2.44. The van der Waals surface area contributed by atoms with Gasteiger partial charge in [0, 0.05) is 0 Å². The van der Waals surface area contributed by atoms with Crippen molar-refractivity contribution in [3.8, 4) is 0 Å². The number of amides is 1. The molecule has 0 aliphatic heterocycles. The molecule has 1 amide bonds. The number of carbonyl (C=O) groups is 1. The summed E-state index contributed by atoms with van der Waals surface area (Å²) in [4.78, 5) is 13.1. The Labute approximate surface area is 163 Å². The summed E-state index contributed by atoms with van der Waals surface area (Å²) in [5.74, 6) is -0.607. The van der Waals surface area contributed by atoms with E-state index in [0.29, 0.717) is 22.0 Å². The number of benzene rings is 2. The molecule has 0 radical (unpaired) electrons. The molecule has 0 aromatic heterocycles. The van der Waals surface area contributed by atoms with Crippen molar-refractivity contribution >= 4 is 29.1 Å². The van der Waals surface area contributed by atoms with Gasteiger partial charge in [-0.1, -0.05) is 54.7 Å². The zero-order valence-electron chi connectivity index (χ0n) is 14.7. The van der Waals surface area contributed by atoms with Crippen LogP contribution in [0.2, 0.25) is 10.0 Å². The summed E-state index contributed by atoms with van der Waals surface area (Å²) in [6.07, 6.45) is 1.38. The zero-order chi connectivity index (χ0) is 19.3. The van der Waals surface area contributed by atoms with Crippen molar-refractivity contribution in [1.82, 2.24) is 5.32 Å². The predicted octanol–water partition coefficient (Wildman–Crippen LogP) is 5.04. The van der Waals surface area contributed by atoms with Crippen LogP contribution in [0.25, 0.3) is 0 Å². The smallest absolute Gasteiger partial charge is 0.230 e. The summed E-state index contributed by atoms with van der Waals surface area (Å²) in [7, 11) is 0. The van der Waals surface area contributed by atoms with E-state index in [1.165, 1.54) is 12.1 Å². The molecule has 0 heterocycles. The van der Waals surface area contributed by atoms with E-state index in [4.69, 9.17) is 23.2 Å². The third-order valence-corrected chi connectivity index (χ3v) is 5.31. The van der Waals surface area contributed by atoms with Gasteiger partial charge in [-0.15, -0.1) is 0 Å². The summed E-state index contributed by atoms with van der Waals surface area (Å²) in [5.41, 5.74) is 0.549. The minimum Gasteiger partial charge on any atom is -0.394 e. The van der Waals surface area contributed by atoms with Gasteiger partial charge < -0.3 is 10.4 Å². The maximum absolute atomic E-state index is 13.1. The summed E-state index contributed by atoms with van der Waals surface area (Å²) in [6, 6.07) is 10.2. The van der Waals surface area contributed by atoms with Gasteiger partial charge in [0.15, 0.2) is 0 Å². The molecule has 0 fully saturated rings. The molecule has 1 unspecified atom stereocenters. The van der Waals surface area contributed by atoms with Gasteiger partial charge in [-0.25, -0.2) is 4.39 Å². The average Bonchev–Trinajstić information content (AvgIpc) is 2.62. The topological polar surface area (TPSA) is 49.3 Å². The fourth-order valence-corrected chi connectivity index (χ4v) is 3.27. The fourth-order valence-electron chi connectivity index (χ4n) is 2.98. The highest BCUT2D eigenvalue weighted by Gasteiger charge is 2.36. The zero-order valence-corrected chi connectivity index (χ0v) is 16.2. The normalized spacial score (nSPS) is 14.5. The van der Waals surface area contributed by atoms with Gasteiger partial charge in [0.2, 0.25) is 5.91 Å². The van der Waals surface area contributed by atoms with Gasteiger partial charge in [0.25, 0.3) is 0 Å². The van der Waals surface area contributed by atoms with Crippen LogP contribution in [-0.2, 0) is 10.2 Å². The highest BCUT2D eigenvalue weighted by molar-refractivity contribution is 6.42. The Balaban J connectivity index is 2.31. The van der Waals surface area contributed by atoms with Crippen LogP contribution < -0.4 is 5.32 Å². The minimum atomic E-state index is -0.837. The largest absolute Gasteiger partial charge is 0.394 e. The first-order chi connectivity index (χ1) is 12.3. The lowest BCUT2D eigenvalue weighted by atomic mass is 9.77. The van der Waals surface area contributed by atoms with Crippen LogP contribution in [-0.4, -0.2) is 17.6 Å². The number of aliphatic hydroxyl groups is 1. The van der Waals surface area contributed by atoms with E-state index < -0.39 is 11.5 Å². The number of nitrogens with one attached hydrogen (secondary N) is 1. The van der Waals surface area contributed by atoms with E-state index in [0.717, 1.165) is 12.0 Å². The molecule has 0 spiro atoms. The van der Waals surface area contributed by atoms with Crippen LogP contribution in [0.15, 0.2) is 42.5 Å². The number of rotatable bonds is 7. The maximum atomic E-state index is 13.1. The Morgan fingerprint density at radius 3 is 2.38 bits per heavy atom. The summed E-state index contributed by atoms with van der Waals surface area (Å²) < 4.78 is 13.1. The second-order valence-corrected chi connectivity index (χ2v) is 7.29. The van der Waals surface area contributed by atoms with Crippen molar-refractivity contribution in [2.24, 2.45) is 0 Å². The van der Waals surface area contributed by atoms with Crippen molar-refractivity contribution in [3.63, 3.8) is 0 Å². The Morgan fingerprint density at radius 1 is 1.19 bits per heavy atom. The number of halogens is 3. The number of aliphatic hydroxyl groups excluding tert-OH is 1. The molecule has 2 aromatic rings. The number of carbonyl (C=O) groups excluding carboxylic acids is 1. The van der Waals surface area contributed by atoms with Crippen LogP contribution in [0, 0.1) is 5.82 Å². The van der Waals surface area contributed by atoms with Gasteiger partial charge in [0.1, 0.15) is 5.82 Å². The van der Waals surface area contributed by atoms with Crippen molar-refractivity contribution in [2.45, 2.75) is 38.1 Å². The molecule has 2 aromatic carbocycles. The van der Waals surface area contributed by atoms with E-state index in [-0.39, 0.29) is 18.3 Å². The molecule has 0 bridgehead atoms. The molecule has 6 heteroatoms. The first-order valence-electron chi connectivity index (χ1n) is 8.44. The lowest BCUT2D eigenvalue weighted by Gasteiger charge is -2.31. The number of hydrogen-bond acceptors (Lipinski definition) is 2. The molecule has 140 valence electrons. The standard InChI is InChI=1S/C20H22Cl2FNO2/c1-3-10-20(2,14-6-9-16(21)17(22)11-14)19(26)24-18(12-25)13-4-7-15(23)8-5-13/h4-9,11,18,25H,3,10,12H2,1-2H3,(H,24,26)/t18-,20?/m0/s1. The maximum Gasteiger partial charge on any atom is 0.230 e. The molecule has 2 rings (SSSR count). The molecule has 0 saturated carbocycles. The first kappa shape index (κ1) is 20.7. The van der Waals surface area contributed by atoms with E-state index in [9.17, 15) is 14.3 Å². The van der Waals surface area contributed by atoms with Gasteiger partial charge in [0.05, 0.1) is 28.1 Å². The van der Waals surface area contributed by atoms with Gasteiger partial charge >= 0.3 is 0 Å². The molecule has 0 aliphatic rings. The van der Waals surface area contributed by atoms with E-state index in [2.05, 4.69) is 5.32 Å². The SMILES string of the molecule is CCCC(C)(C(=O)N[C@@H](CO)c1ccc(F)cc1)c1ccc(Cl)c(Cl)c1. The molecule has 26 heavy (non-hydrogen) atoms. The van der Waals surface area contributed by atoms with E-state index >= 15 is 0 Å². The monoisotopic (exact) mass is 397 g/mol. The average molecular weight is 398 g/mol. The van der Waals surface area contributed by atoms with Gasteiger partial charge in [-0.3, -0.25) is 4.79 Å². The fraction of sp³-hybridized carbons (Fsp3) is 0.350. The third kappa shape index (κ3) is 4.56. The summed E-state index contributed by atoms with van der Waals surface area (Å²) in [6.45, 7) is 3.54. The molecular weight excluding hydrogens is 376 g/mol. The van der Waals surface area contributed by atoms with Crippen LogP contribution >= 0.6 is 23.2 Å². The van der Waals surface area contributed by atoms with Crippen LogP contribution in [0.3, 0.4) is 0 Å². The van der Waals surface area contributed by atoms with Crippen LogP contribution in [0.5, 0.6) is 0 Å². The van der Waals surface area contributed by atoms with E-state index in [1.807, 2.05) is 13.8 Å². The molecule has 0 saturated heterocycles. The lowest BCUT2D eigenvalue weighted by molar-refractivity contribution is -0.127. The predicted molar refractivity (Wildman–Crippen MR) is 103 cm³/mol. The Kier molecular flexibility index (Phi) is 7.04. The van der Waals surface area contributed by atoms with Crippen molar-refractivity contribution < 1.29 is 14.3 Å². The second kappa shape index (κ2) is 8.85. The number of hydrogen-bond donors (Lipinski definition) is 2. The van der Waals surface area contributed by atoms with Crippen LogP contribution in [0.1, 0.15) is 43.9 Å². The van der Waals surface area contributed by atoms with Gasteiger partial charge in [-0.05, 0) is 48.7 Å². The highest BCUT2D eigenvalue weighted by atomic mass is 35.5. The minimum absolute atomic E-state index is 0.235. The molecule has 3 nitrogen and oxygen atoms in total. The molecule has 0 aliphatic carbocycles. The van der Waals surface area contributed by atoms with Crippen LogP contribution in [0.4, 0.5) is 4.39 Å². The van der Waals surface area contributed by atoms with Crippen molar-refractivity contribution in [1.29, 1.82) is 0 Å². The van der Waals surface area contributed by atoms with Crippen molar-refractivity contribution in [3.05, 3.63) is 69.5 Å². The highest BCUT2D eigenvalue weighted by Crippen LogP contribution is 2.34. The van der Waals surface area contributed by atoms with Gasteiger partial charge in [-0.2, -0.15) is 0 Å².